The molecule has 1 aliphatic heterocycles. The smallest absolute Gasteiger partial charge is 0.251 e. The Hall–Kier alpha value is -4.07. The fourth-order valence-corrected chi connectivity index (χ4v) is 4.60. The number of carbonyl (C=O) groups is 2. The predicted molar refractivity (Wildman–Crippen MR) is 144 cm³/mol. The third-order valence-corrected chi connectivity index (χ3v) is 6.76. The summed E-state index contributed by atoms with van der Waals surface area (Å²) in [5.41, 5.74) is 4.48. The normalized spacial score (nSPS) is 14.1. The minimum Gasteiger partial charge on any atom is -0.496 e. The van der Waals surface area contributed by atoms with Crippen LogP contribution >= 0.6 is 0 Å². The number of amides is 2. The summed E-state index contributed by atoms with van der Waals surface area (Å²) in [5, 5.41) is 3.34. The zero-order valence-electron chi connectivity index (χ0n) is 22.2. The zero-order valence-corrected chi connectivity index (χ0v) is 22.2. The highest BCUT2D eigenvalue weighted by molar-refractivity contribution is 6.09. The van der Waals surface area contributed by atoms with Crippen molar-refractivity contribution in [2.24, 2.45) is 0 Å². The molecule has 0 bridgehead atoms. The van der Waals surface area contributed by atoms with Crippen LogP contribution in [0.5, 0.6) is 11.5 Å². The summed E-state index contributed by atoms with van der Waals surface area (Å²) in [5.74, 6) is 0.403. The fourth-order valence-electron chi connectivity index (χ4n) is 4.60. The highest BCUT2D eigenvalue weighted by Gasteiger charge is 2.38. The van der Waals surface area contributed by atoms with Gasteiger partial charge in [-0.1, -0.05) is 12.1 Å². The molecule has 1 heterocycles. The Morgan fingerprint density at radius 3 is 2.46 bits per heavy atom. The number of rotatable bonds is 6. The summed E-state index contributed by atoms with van der Waals surface area (Å²) >= 11 is 0. The van der Waals surface area contributed by atoms with Crippen molar-refractivity contribution in [2.45, 2.75) is 39.8 Å². The van der Waals surface area contributed by atoms with Crippen LogP contribution in [0, 0.1) is 12.7 Å². The van der Waals surface area contributed by atoms with Crippen LogP contribution in [0.2, 0.25) is 0 Å². The van der Waals surface area contributed by atoms with Crippen LogP contribution in [0.25, 0.3) is 11.1 Å². The van der Waals surface area contributed by atoms with E-state index in [9.17, 15) is 14.0 Å². The molecule has 0 aliphatic carbocycles. The first-order chi connectivity index (χ1) is 17.4. The third-order valence-electron chi connectivity index (χ3n) is 6.76. The first-order valence-corrected chi connectivity index (χ1v) is 12.0. The van der Waals surface area contributed by atoms with Crippen molar-refractivity contribution in [3.8, 4) is 22.6 Å². The van der Waals surface area contributed by atoms with Crippen LogP contribution in [0.15, 0.2) is 48.5 Å². The molecule has 0 saturated heterocycles. The Labute approximate surface area is 216 Å². The maximum atomic E-state index is 14.0. The first kappa shape index (κ1) is 26.0. The fraction of sp³-hybridized carbons (Fsp3) is 0.310. The second-order valence-electron chi connectivity index (χ2n) is 9.76. The standard InChI is InChI=1S/C29H32FN3O4/c1-17-8-9-19(30)14-25(17)37-16-23-21(12-13-24-27(23)33(6)28(35)29(3,4)31-24)22-11-10-20(15-26(22)36-7)32(5)18(2)34/h8-15,31H,16H2,1-7H3. The van der Waals surface area contributed by atoms with Crippen molar-refractivity contribution in [1.82, 2.24) is 0 Å². The minimum atomic E-state index is -0.781. The molecule has 37 heavy (non-hydrogen) atoms. The molecule has 8 heteroatoms. The van der Waals surface area contributed by atoms with E-state index in [0.29, 0.717) is 22.9 Å². The van der Waals surface area contributed by atoms with Gasteiger partial charge in [0, 0.05) is 50.0 Å². The van der Waals surface area contributed by atoms with Crippen molar-refractivity contribution in [3.63, 3.8) is 0 Å². The molecule has 3 aromatic carbocycles. The van der Waals surface area contributed by atoms with Crippen LogP contribution in [-0.2, 0) is 16.2 Å². The molecular weight excluding hydrogens is 473 g/mol. The molecule has 0 aromatic heterocycles. The number of nitrogens with one attached hydrogen (secondary N) is 1. The molecular formula is C29H32FN3O4. The lowest BCUT2D eigenvalue weighted by Gasteiger charge is -2.39. The average Bonchev–Trinajstić information content (AvgIpc) is 2.86. The van der Waals surface area contributed by atoms with E-state index in [4.69, 9.17) is 9.47 Å². The number of likely N-dealkylation sites (N-methyl/N-ethyl adjacent to an activating group) is 1. The van der Waals surface area contributed by atoms with Crippen molar-refractivity contribution < 1.29 is 23.5 Å². The lowest BCUT2D eigenvalue weighted by Crippen LogP contribution is -2.52. The highest BCUT2D eigenvalue weighted by atomic mass is 19.1. The monoisotopic (exact) mass is 505 g/mol. The van der Waals surface area contributed by atoms with Crippen LogP contribution in [0.4, 0.5) is 21.5 Å². The molecule has 7 nitrogen and oxygen atoms in total. The van der Waals surface area contributed by atoms with Gasteiger partial charge in [0.2, 0.25) is 5.91 Å². The molecule has 2 amide bonds. The number of anilines is 3. The second-order valence-corrected chi connectivity index (χ2v) is 9.76. The number of carbonyl (C=O) groups excluding carboxylic acids is 2. The zero-order chi connectivity index (χ0) is 27.1. The van der Waals surface area contributed by atoms with E-state index in [0.717, 1.165) is 27.9 Å². The highest BCUT2D eigenvalue weighted by Crippen LogP contribution is 2.45. The van der Waals surface area contributed by atoms with Gasteiger partial charge in [-0.25, -0.2) is 4.39 Å². The van der Waals surface area contributed by atoms with Gasteiger partial charge in [0.05, 0.1) is 18.5 Å². The van der Waals surface area contributed by atoms with E-state index in [2.05, 4.69) is 5.32 Å². The van der Waals surface area contributed by atoms with Crippen molar-refractivity contribution in [2.75, 3.05) is 36.3 Å². The summed E-state index contributed by atoms with van der Waals surface area (Å²) in [6.07, 6.45) is 0. The van der Waals surface area contributed by atoms with Gasteiger partial charge >= 0.3 is 0 Å². The Morgan fingerprint density at radius 2 is 1.78 bits per heavy atom. The number of hydrogen-bond acceptors (Lipinski definition) is 5. The van der Waals surface area contributed by atoms with Gasteiger partial charge in [0.1, 0.15) is 29.5 Å². The van der Waals surface area contributed by atoms with E-state index < -0.39 is 11.4 Å². The van der Waals surface area contributed by atoms with Crippen LogP contribution in [-0.4, -0.2) is 38.6 Å². The summed E-state index contributed by atoms with van der Waals surface area (Å²) in [7, 11) is 5.01. The first-order valence-electron chi connectivity index (χ1n) is 12.0. The topological polar surface area (TPSA) is 71.1 Å². The average molecular weight is 506 g/mol. The Kier molecular flexibility index (Phi) is 6.86. The maximum absolute atomic E-state index is 14.0. The lowest BCUT2D eigenvalue weighted by molar-refractivity contribution is -0.122. The lowest BCUT2D eigenvalue weighted by atomic mass is 9.91. The number of benzene rings is 3. The Bertz CT molecular complexity index is 1390. The molecule has 3 aromatic rings. The van der Waals surface area contributed by atoms with Gasteiger partial charge in [-0.05, 0) is 56.2 Å². The largest absolute Gasteiger partial charge is 0.496 e. The van der Waals surface area contributed by atoms with Crippen LogP contribution in [0.3, 0.4) is 0 Å². The van der Waals surface area contributed by atoms with Crippen LogP contribution in [0.1, 0.15) is 31.9 Å². The Morgan fingerprint density at radius 1 is 1.08 bits per heavy atom. The summed E-state index contributed by atoms with van der Waals surface area (Å²) in [6.45, 7) is 7.10. The molecule has 1 N–H and O–H groups in total. The van der Waals surface area contributed by atoms with E-state index in [1.54, 1.807) is 38.2 Å². The number of hydrogen-bond donors (Lipinski definition) is 1. The summed E-state index contributed by atoms with van der Waals surface area (Å²) in [4.78, 5) is 28.3. The van der Waals surface area contributed by atoms with Gasteiger partial charge < -0.3 is 24.6 Å². The minimum absolute atomic E-state index is 0.0841. The van der Waals surface area contributed by atoms with E-state index >= 15 is 0 Å². The quantitative estimate of drug-likeness (QED) is 0.477. The Balaban J connectivity index is 1.89. The van der Waals surface area contributed by atoms with Gasteiger partial charge in [-0.3, -0.25) is 9.59 Å². The molecule has 0 saturated carbocycles. The molecule has 0 spiro atoms. The molecule has 4 rings (SSSR count). The number of ether oxygens (including phenoxy) is 2. The molecule has 0 unspecified atom stereocenters. The second kappa shape index (κ2) is 9.76. The molecule has 1 aliphatic rings. The number of methoxy groups -OCH3 is 1. The van der Waals surface area contributed by atoms with Gasteiger partial charge in [-0.15, -0.1) is 0 Å². The van der Waals surface area contributed by atoms with Crippen molar-refractivity contribution in [3.05, 3.63) is 65.5 Å². The predicted octanol–water partition coefficient (Wildman–Crippen LogP) is 5.54. The van der Waals surface area contributed by atoms with E-state index in [1.165, 1.54) is 24.0 Å². The van der Waals surface area contributed by atoms with Gasteiger partial charge in [0.15, 0.2) is 0 Å². The molecule has 194 valence electrons. The third kappa shape index (κ3) is 4.83. The van der Waals surface area contributed by atoms with E-state index in [-0.39, 0.29) is 18.4 Å². The maximum Gasteiger partial charge on any atom is 0.251 e. The molecule has 0 atom stereocenters. The molecule has 0 fully saturated rings. The summed E-state index contributed by atoms with van der Waals surface area (Å²) < 4.78 is 25.8. The SMILES string of the molecule is COc1cc(N(C)C(C)=O)ccc1-c1ccc2c(c1COc1cc(F)ccc1C)N(C)C(=O)C(C)(C)N2. The van der Waals surface area contributed by atoms with E-state index in [1.807, 2.05) is 45.0 Å². The number of nitrogens with zero attached hydrogens (tertiary/aromatic N) is 2. The van der Waals surface area contributed by atoms with Crippen LogP contribution < -0.4 is 24.6 Å². The van der Waals surface area contributed by atoms with Gasteiger partial charge in [0.25, 0.3) is 5.91 Å². The van der Waals surface area contributed by atoms with Crippen molar-refractivity contribution in [1.29, 1.82) is 0 Å². The molecule has 0 radical (unpaired) electrons. The van der Waals surface area contributed by atoms with Gasteiger partial charge in [-0.2, -0.15) is 0 Å². The summed E-state index contributed by atoms with van der Waals surface area (Å²) in [6, 6.07) is 13.8. The van der Waals surface area contributed by atoms with Crippen molar-refractivity contribution >= 4 is 28.9 Å². The number of halogens is 1. The number of aryl methyl sites for hydroxylation is 1. The number of fused-ring (bicyclic) bond motifs is 1.